The van der Waals surface area contributed by atoms with Crippen molar-refractivity contribution >= 4 is 17.5 Å². The van der Waals surface area contributed by atoms with Crippen molar-refractivity contribution in [2.24, 2.45) is 0 Å². The summed E-state index contributed by atoms with van der Waals surface area (Å²) in [6, 6.07) is 1.72. The lowest BCUT2D eigenvalue weighted by Gasteiger charge is -2.29. The number of amides is 1. The molecule has 1 amide bonds. The minimum absolute atomic E-state index is 0.0951. The fourth-order valence-electron chi connectivity index (χ4n) is 2.02. The lowest BCUT2D eigenvalue weighted by molar-refractivity contribution is 0.0342. The summed E-state index contributed by atoms with van der Waals surface area (Å²) in [5, 5.41) is 3.49. The van der Waals surface area contributed by atoms with E-state index in [-0.39, 0.29) is 11.9 Å². The Morgan fingerprint density at radius 3 is 2.94 bits per heavy atom. The van der Waals surface area contributed by atoms with Gasteiger partial charge in [0, 0.05) is 31.9 Å². The number of halogens is 1. The van der Waals surface area contributed by atoms with E-state index in [0.717, 1.165) is 32.8 Å². The number of hydrogen-bond acceptors (Lipinski definition) is 3. The Kier molecular flexibility index (Phi) is 4.63. The molecule has 100 valence electrons. The van der Waals surface area contributed by atoms with E-state index in [0.29, 0.717) is 10.7 Å². The van der Waals surface area contributed by atoms with Gasteiger partial charge in [0.2, 0.25) is 0 Å². The van der Waals surface area contributed by atoms with Gasteiger partial charge in [-0.15, -0.1) is 0 Å². The van der Waals surface area contributed by atoms with Gasteiger partial charge in [0.05, 0.1) is 18.2 Å². The molecule has 0 aliphatic carbocycles. The van der Waals surface area contributed by atoms with Gasteiger partial charge in [-0.2, -0.15) is 0 Å². The third-order valence-corrected chi connectivity index (χ3v) is 3.12. The second-order valence-electron chi connectivity index (χ2n) is 4.52. The van der Waals surface area contributed by atoms with E-state index in [2.05, 4.69) is 15.2 Å². The summed E-state index contributed by atoms with van der Waals surface area (Å²) in [4.78, 5) is 17.0. The molecule has 0 unspecified atom stereocenters. The third-order valence-electron chi connectivity index (χ3n) is 2.91. The number of ether oxygens (including phenoxy) is 1. The molecular formula is C12H18ClN3O2. The van der Waals surface area contributed by atoms with Crippen LogP contribution in [0.15, 0.2) is 12.3 Å². The highest BCUT2D eigenvalue weighted by atomic mass is 35.5. The van der Waals surface area contributed by atoms with Crippen molar-refractivity contribution in [1.82, 2.24) is 15.2 Å². The highest BCUT2D eigenvalue weighted by molar-refractivity contribution is 6.30. The van der Waals surface area contributed by atoms with E-state index in [1.807, 2.05) is 6.92 Å². The Morgan fingerprint density at radius 2 is 2.33 bits per heavy atom. The van der Waals surface area contributed by atoms with Crippen LogP contribution in [0.4, 0.5) is 0 Å². The van der Waals surface area contributed by atoms with E-state index in [9.17, 15) is 4.79 Å². The first kappa shape index (κ1) is 13.4. The summed E-state index contributed by atoms with van der Waals surface area (Å²) in [5.74, 6) is -0.123. The van der Waals surface area contributed by atoms with Crippen LogP contribution in [0.5, 0.6) is 0 Å². The molecule has 1 aromatic rings. The molecule has 1 fully saturated rings. The van der Waals surface area contributed by atoms with Crippen molar-refractivity contribution in [3.63, 3.8) is 0 Å². The summed E-state index contributed by atoms with van der Waals surface area (Å²) in [6.45, 7) is 6.23. The molecule has 0 saturated carbocycles. The molecule has 18 heavy (non-hydrogen) atoms. The van der Waals surface area contributed by atoms with Gasteiger partial charge in [-0.1, -0.05) is 11.6 Å². The molecular weight excluding hydrogens is 254 g/mol. The Morgan fingerprint density at radius 1 is 1.61 bits per heavy atom. The highest BCUT2D eigenvalue weighted by Gasteiger charge is 2.16. The maximum atomic E-state index is 11.9. The molecule has 2 heterocycles. The molecule has 1 atom stereocenters. The minimum atomic E-state index is -0.123. The van der Waals surface area contributed by atoms with Gasteiger partial charge in [0.15, 0.2) is 0 Å². The van der Waals surface area contributed by atoms with E-state index in [4.69, 9.17) is 16.3 Å². The quantitative estimate of drug-likeness (QED) is 0.863. The van der Waals surface area contributed by atoms with Crippen molar-refractivity contribution in [2.75, 3.05) is 32.8 Å². The van der Waals surface area contributed by atoms with Gasteiger partial charge in [0.25, 0.3) is 5.91 Å². The maximum absolute atomic E-state index is 11.9. The summed E-state index contributed by atoms with van der Waals surface area (Å²) in [5.41, 5.74) is 0.494. The van der Waals surface area contributed by atoms with E-state index in [1.165, 1.54) is 0 Å². The maximum Gasteiger partial charge on any atom is 0.267 e. The minimum Gasteiger partial charge on any atom is -0.379 e. The topological polar surface area (TPSA) is 57.4 Å². The van der Waals surface area contributed by atoms with E-state index in [1.54, 1.807) is 12.3 Å². The number of carbonyl (C=O) groups is 1. The van der Waals surface area contributed by atoms with Gasteiger partial charge >= 0.3 is 0 Å². The number of aromatic nitrogens is 1. The SMILES string of the molecule is C[C@H](CN1CCOCC1)NC(=O)c1cc(Cl)c[nH]1. The van der Waals surface area contributed by atoms with E-state index >= 15 is 0 Å². The summed E-state index contributed by atoms with van der Waals surface area (Å²) >= 11 is 5.76. The van der Waals surface area contributed by atoms with Gasteiger partial charge in [-0.05, 0) is 13.0 Å². The van der Waals surface area contributed by atoms with Gasteiger partial charge < -0.3 is 15.0 Å². The van der Waals surface area contributed by atoms with Crippen LogP contribution in [0, 0.1) is 0 Å². The van der Waals surface area contributed by atoms with Crippen LogP contribution < -0.4 is 5.32 Å². The molecule has 0 bridgehead atoms. The third kappa shape index (κ3) is 3.73. The van der Waals surface area contributed by atoms with Crippen LogP contribution >= 0.6 is 11.6 Å². The zero-order valence-electron chi connectivity index (χ0n) is 10.4. The predicted molar refractivity (Wildman–Crippen MR) is 70.0 cm³/mol. The number of H-pyrrole nitrogens is 1. The number of carbonyl (C=O) groups excluding carboxylic acids is 1. The van der Waals surface area contributed by atoms with Crippen LogP contribution in [0.1, 0.15) is 17.4 Å². The molecule has 0 aromatic carbocycles. The summed E-state index contributed by atoms with van der Waals surface area (Å²) in [6.07, 6.45) is 1.60. The Hall–Kier alpha value is -1.04. The van der Waals surface area contributed by atoms with Crippen molar-refractivity contribution in [3.05, 3.63) is 23.0 Å². The Labute approximate surface area is 111 Å². The van der Waals surface area contributed by atoms with Crippen molar-refractivity contribution < 1.29 is 9.53 Å². The van der Waals surface area contributed by atoms with Gasteiger partial charge in [-0.3, -0.25) is 9.69 Å². The number of hydrogen-bond donors (Lipinski definition) is 2. The molecule has 1 saturated heterocycles. The van der Waals surface area contributed by atoms with Crippen molar-refractivity contribution in [3.8, 4) is 0 Å². The van der Waals surface area contributed by atoms with Crippen LogP contribution in [-0.2, 0) is 4.74 Å². The number of aromatic amines is 1. The zero-order chi connectivity index (χ0) is 13.0. The van der Waals surface area contributed by atoms with Crippen LogP contribution in [0.2, 0.25) is 5.02 Å². The predicted octanol–water partition coefficient (Wildman–Crippen LogP) is 1.12. The number of nitrogens with zero attached hydrogens (tertiary/aromatic N) is 1. The number of rotatable bonds is 4. The largest absolute Gasteiger partial charge is 0.379 e. The first-order chi connectivity index (χ1) is 8.65. The average Bonchev–Trinajstić information content (AvgIpc) is 2.77. The molecule has 1 aromatic heterocycles. The standard InChI is InChI=1S/C12H18ClN3O2/c1-9(8-16-2-4-18-5-3-16)15-12(17)11-6-10(13)7-14-11/h6-7,9,14H,2-5,8H2,1H3,(H,15,17)/t9-/m1/s1. The fraction of sp³-hybridized carbons (Fsp3) is 0.583. The van der Waals surface area contributed by atoms with Crippen LogP contribution in [0.25, 0.3) is 0 Å². The smallest absolute Gasteiger partial charge is 0.267 e. The van der Waals surface area contributed by atoms with Crippen molar-refractivity contribution in [2.45, 2.75) is 13.0 Å². The molecule has 2 rings (SSSR count). The first-order valence-corrected chi connectivity index (χ1v) is 6.48. The summed E-state index contributed by atoms with van der Waals surface area (Å²) in [7, 11) is 0. The second-order valence-corrected chi connectivity index (χ2v) is 4.96. The fourth-order valence-corrected chi connectivity index (χ4v) is 2.18. The number of nitrogens with one attached hydrogen (secondary N) is 2. The number of morpholine rings is 1. The van der Waals surface area contributed by atoms with Crippen molar-refractivity contribution in [1.29, 1.82) is 0 Å². The normalized spacial score (nSPS) is 18.6. The molecule has 0 radical (unpaired) electrons. The first-order valence-electron chi connectivity index (χ1n) is 6.10. The highest BCUT2D eigenvalue weighted by Crippen LogP contribution is 2.09. The van der Waals surface area contributed by atoms with Crippen LogP contribution in [0.3, 0.4) is 0 Å². The molecule has 1 aliphatic heterocycles. The van der Waals surface area contributed by atoms with Gasteiger partial charge in [0.1, 0.15) is 5.69 Å². The molecule has 1 aliphatic rings. The molecule has 5 nitrogen and oxygen atoms in total. The molecule has 2 N–H and O–H groups in total. The summed E-state index contributed by atoms with van der Waals surface area (Å²) < 4.78 is 5.29. The zero-order valence-corrected chi connectivity index (χ0v) is 11.2. The molecule has 0 spiro atoms. The van der Waals surface area contributed by atoms with E-state index < -0.39 is 0 Å². The molecule has 6 heteroatoms. The second kappa shape index (κ2) is 6.22. The Balaban J connectivity index is 1.79. The Bertz CT molecular complexity index is 402. The van der Waals surface area contributed by atoms with Gasteiger partial charge in [-0.25, -0.2) is 0 Å². The van der Waals surface area contributed by atoms with Crippen LogP contribution in [-0.4, -0.2) is 54.7 Å². The lowest BCUT2D eigenvalue weighted by Crippen LogP contribution is -2.46. The average molecular weight is 272 g/mol. The monoisotopic (exact) mass is 271 g/mol. The lowest BCUT2D eigenvalue weighted by atomic mass is 10.2.